The lowest BCUT2D eigenvalue weighted by molar-refractivity contribution is 0.173. The Morgan fingerprint density at radius 3 is 2.50 bits per heavy atom. The average Bonchev–Trinajstić information content (AvgIpc) is 2.88. The van der Waals surface area contributed by atoms with Crippen LogP contribution in [0, 0.1) is 11.8 Å². The highest BCUT2D eigenvalue weighted by atomic mass is 16.2. The lowest BCUT2D eigenvalue weighted by atomic mass is 10.00. The molecule has 2 fully saturated rings. The summed E-state index contributed by atoms with van der Waals surface area (Å²) in [6, 6.07) is 0.160. The minimum Gasteiger partial charge on any atom is -0.338 e. The van der Waals surface area contributed by atoms with Crippen molar-refractivity contribution in [3.8, 4) is 0 Å². The molecule has 104 valence electrons. The predicted molar refractivity (Wildman–Crippen MR) is 74.6 cm³/mol. The largest absolute Gasteiger partial charge is 0.338 e. The van der Waals surface area contributed by atoms with E-state index in [1.54, 1.807) is 0 Å². The van der Waals surface area contributed by atoms with Crippen LogP contribution < -0.4 is 5.32 Å². The molecule has 1 heterocycles. The summed E-state index contributed by atoms with van der Waals surface area (Å²) < 4.78 is 0. The standard InChI is InChI=1S/C15H28N2O/c1-13-8-11-17(12-9-13)15(18)16-10-4-7-14-5-2-3-6-14/h13-14H,2-12H2,1H3,(H,16,18). The van der Waals surface area contributed by atoms with Gasteiger partial charge in [0.05, 0.1) is 0 Å². The van der Waals surface area contributed by atoms with E-state index in [0.29, 0.717) is 0 Å². The summed E-state index contributed by atoms with van der Waals surface area (Å²) in [5.41, 5.74) is 0. The maximum absolute atomic E-state index is 11.9. The van der Waals surface area contributed by atoms with Crippen molar-refractivity contribution in [2.24, 2.45) is 11.8 Å². The van der Waals surface area contributed by atoms with E-state index in [2.05, 4.69) is 12.2 Å². The van der Waals surface area contributed by atoms with Crippen molar-refractivity contribution in [2.45, 2.75) is 58.3 Å². The van der Waals surface area contributed by atoms with Gasteiger partial charge in [-0.15, -0.1) is 0 Å². The van der Waals surface area contributed by atoms with Crippen molar-refractivity contribution in [1.29, 1.82) is 0 Å². The quantitative estimate of drug-likeness (QED) is 0.764. The SMILES string of the molecule is CC1CCN(C(=O)NCCCC2CCCC2)CC1. The molecule has 1 aliphatic heterocycles. The van der Waals surface area contributed by atoms with Crippen LogP contribution in [0.1, 0.15) is 58.3 Å². The second kappa shape index (κ2) is 7.01. The van der Waals surface area contributed by atoms with Gasteiger partial charge in [-0.2, -0.15) is 0 Å². The number of rotatable bonds is 4. The Kier molecular flexibility index (Phi) is 5.33. The molecule has 0 atom stereocenters. The number of hydrogen-bond donors (Lipinski definition) is 1. The predicted octanol–water partition coefficient (Wildman–Crippen LogP) is 3.40. The molecule has 0 radical (unpaired) electrons. The minimum atomic E-state index is 0.160. The molecule has 1 N–H and O–H groups in total. The van der Waals surface area contributed by atoms with E-state index in [0.717, 1.165) is 50.7 Å². The van der Waals surface area contributed by atoms with Gasteiger partial charge in [0.1, 0.15) is 0 Å². The lowest BCUT2D eigenvalue weighted by Crippen LogP contribution is -2.44. The van der Waals surface area contributed by atoms with Crippen LogP contribution in [0.5, 0.6) is 0 Å². The maximum Gasteiger partial charge on any atom is 0.317 e. The first-order chi connectivity index (χ1) is 8.75. The molecule has 3 nitrogen and oxygen atoms in total. The number of urea groups is 1. The highest BCUT2D eigenvalue weighted by Crippen LogP contribution is 2.28. The van der Waals surface area contributed by atoms with Crippen LogP contribution in [0.3, 0.4) is 0 Å². The van der Waals surface area contributed by atoms with Crippen LogP contribution in [0.25, 0.3) is 0 Å². The molecule has 0 aromatic heterocycles. The van der Waals surface area contributed by atoms with Crippen LogP contribution >= 0.6 is 0 Å². The van der Waals surface area contributed by atoms with Gasteiger partial charge in [0, 0.05) is 19.6 Å². The lowest BCUT2D eigenvalue weighted by Gasteiger charge is -2.30. The Morgan fingerprint density at radius 1 is 1.17 bits per heavy atom. The Bertz CT molecular complexity index is 253. The number of nitrogens with one attached hydrogen (secondary N) is 1. The van der Waals surface area contributed by atoms with Gasteiger partial charge in [0.25, 0.3) is 0 Å². The average molecular weight is 252 g/mol. The molecule has 0 aromatic rings. The van der Waals surface area contributed by atoms with Gasteiger partial charge in [-0.25, -0.2) is 4.79 Å². The Hall–Kier alpha value is -0.730. The van der Waals surface area contributed by atoms with E-state index < -0.39 is 0 Å². The topological polar surface area (TPSA) is 32.3 Å². The molecule has 2 amide bonds. The van der Waals surface area contributed by atoms with Crippen molar-refractivity contribution < 1.29 is 4.79 Å². The zero-order chi connectivity index (χ0) is 12.8. The molecule has 0 spiro atoms. The number of hydrogen-bond acceptors (Lipinski definition) is 1. The molecule has 1 aliphatic carbocycles. The summed E-state index contributed by atoms with van der Waals surface area (Å²) in [5, 5.41) is 3.08. The molecule has 2 rings (SSSR count). The molecule has 1 saturated heterocycles. The highest BCUT2D eigenvalue weighted by Gasteiger charge is 2.20. The molecular weight excluding hydrogens is 224 g/mol. The summed E-state index contributed by atoms with van der Waals surface area (Å²) in [7, 11) is 0. The smallest absolute Gasteiger partial charge is 0.317 e. The van der Waals surface area contributed by atoms with E-state index in [1.807, 2.05) is 4.90 Å². The van der Waals surface area contributed by atoms with Crippen LogP contribution in [-0.2, 0) is 0 Å². The van der Waals surface area contributed by atoms with Crippen molar-refractivity contribution >= 4 is 6.03 Å². The Balaban J connectivity index is 1.54. The molecule has 2 aliphatic rings. The molecule has 0 bridgehead atoms. The number of carbonyl (C=O) groups is 1. The second-order valence-electron chi connectivity index (χ2n) is 6.19. The van der Waals surface area contributed by atoms with Gasteiger partial charge in [-0.3, -0.25) is 0 Å². The van der Waals surface area contributed by atoms with Gasteiger partial charge >= 0.3 is 6.03 Å². The first-order valence-electron chi connectivity index (χ1n) is 7.78. The second-order valence-corrected chi connectivity index (χ2v) is 6.19. The number of amides is 2. The monoisotopic (exact) mass is 252 g/mol. The van der Waals surface area contributed by atoms with Crippen molar-refractivity contribution in [2.75, 3.05) is 19.6 Å². The van der Waals surface area contributed by atoms with E-state index in [4.69, 9.17) is 0 Å². The first kappa shape index (κ1) is 13.7. The molecule has 0 unspecified atom stereocenters. The third-order valence-electron chi connectivity index (χ3n) is 4.61. The third kappa shape index (κ3) is 4.18. The Labute approximate surface area is 111 Å². The summed E-state index contributed by atoms with van der Waals surface area (Å²) in [5.74, 6) is 1.73. The van der Waals surface area contributed by atoms with Gasteiger partial charge in [0.2, 0.25) is 0 Å². The number of nitrogens with zero attached hydrogens (tertiary/aromatic N) is 1. The van der Waals surface area contributed by atoms with Crippen molar-refractivity contribution in [3.05, 3.63) is 0 Å². The molecule has 3 heteroatoms. The summed E-state index contributed by atoms with van der Waals surface area (Å²) in [6.45, 7) is 5.02. The summed E-state index contributed by atoms with van der Waals surface area (Å²) >= 11 is 0. The minimum absolute atomic E-state index is 0.160. The van der Waals surface area contributed by atoms with Crippen LogP contribution in [0.2, 0.25) is 0 Å². The van der Waals surface area contributed by atoms with Gasteiger partial charge in [-0.1, -0.05) is 32.6 Å². The van der Waals surface area contributed by atoms with Gasteiger partial charge in [-0.05, 0) is 37.5 Å². The van der Waals surface area contributed by atoms with E-state index in [9.17, 15) is 4.79 Å². The van der Waals surface area contributed by atoms with Crippen molar-refractivity contribution in [3.63, 3.8) is 0 Å². The van der Waals surface area contributed by atoms with Crippen molar-refractivity contribution in [1.82, 2.24) is 10.2 Å². The Morgan fingerprint density at radius 2 is 1.83 bits per heavy atom. The maximum atomic E-state index is 11.9. The van der Waals surface area contributed by atoms with Gasteiger partial charge in [0.15, 0.2) is 0 Å². The number of carbonyl (C=O) groups excluding carboxylic acids is 1. The molecule has 1 saturated carbocycles. The van der Waals surface area contributed by atoms with Crippen LogP contribution in [0.15, 0.2) is 0 Å². The molecule has 18 heavy (non-hydrogen) atoms. The fourth-order valence-corrected chi connectivity index (χ4v) is 3.21. The van der Waals surface area contributed by atoms with Crippen LogP contribution in [-0.4, -0.2) is 30.6 Å². The normalized spacial score (nSPS) is 22.4. The van der Waals surface area contributed by atoms with E-state index in [1.165, 1.54) is 32.1 Å². The fraction of sp³-hybridized carbons (Fsp3) is 0.933. The first-order valence-corrected chi connectivity index (χ1v) is 7.78. The number of piperidine rings is 1. The van der Waals surface area contributed by atoms with Gasteiger partial charge < -0.3 is 10.2 Å². The zero-order valence-electron chi connectivity index (χ0n) is 11.8. The van der Waals surface area contributed by atoms with E-state index >= 15 is 0 Å². The zero-order valence-corrected chi connectivity index (χ0v) is 11.8. The highest BCUT2D eigenvalue weighted by molar-refractivity contribution is 5.74. The third-order valence-corrected chi connectivity index (χ3v) is 4.61. The number of likely N-dealkylation sites (tertiary alicyclic amines) is 1. The summed E-state index contributed by atoms with van der Waals surface area (Å²) in [6.07, 6.45) is 10.4. The fourth-order valence-electron chi connectivity index (χ4n) is 3.21. The van der Waals surface area contributed by atoms with Crippen LogP contribution in [0.4, 0.5) is 4.79 Å². The molecular formula is C15H28N2O. The molecule has 0 aromatic carbocycles. The van der Waals surface area contributed by atoms with E-state index in [-0.39, 0.29) is 6.03 Å². The summed E-state index contributed by atoms with van der Waals surface area (Å²) in [4.78, 5) is 13.9.